The van der Waals surface area contributed by atoms with E-state index in [2.05, 4.69) is 5.32 Å². The van der Waals surface area contributed by atoms with Crippen molar-refractivity contribution in [3.05, 3.63) is 29.8 Å². The molecule has 2 heterocycles. The van der Waals surface area contributed by atoms with Crippen LogP contribution in [0.3, 0.4) is 0 Å². The zero-order valence-electron chi connectivity index (χ0n) is 16.2. The van der Waals surface area contributed by atoms with Crippen LogP contribution in [0.15, 0.2) is 24.3 Å². The average molecular weight is 385 g/mol. The maximum Gasteiger partial charge on any atom is 0.317 e. The molecule has 28 heavy (non-hydrogen) atoms. The first kappa shape index (κ1) is 18.8. The van der Waals surface area contributed by atoms with Crippen LogP contribution in [0.5, 0.6) is 0 Å². The maximum absolute atomic E-state index is 12.7. The summed E-state index contributed by atoms with van der Waals surface area (Å²) in [7, 11) is 0. The Morgan fingerprint density at radius 1 is 1.25 bits per heavy atom. The topological polar surface area (TPSA) is 89.9 Å². The number of anilines is 1. The van der Waals surface area contributed by atoms with Crippen LogP contribution >= 0.6 is 0 Å². The molecule has 1 aromatic rings. The van der Waals surface area contributed by atoms with E-state index in [0.29, 0.717) is 25.9 Å². The van der Waals surface area contributed by atoms with Gasteiger partial charge in [0.05, 0.1) is 11.5 Å². The molecule has 0 bridgehead atoms. The molecule has 3 fully saturated rings. The van der Waals surface area contributed by atoms with Crippen LogP contribution in [0.4, 0.5) is 10.5 Å². The van der Waals surface area contributed by atoms with Crippen LogP contribution in [0, 0.1) is 11.3 Å². The molecule has 1 unspecified atom stereocenters. The number of fused-ring (bicyclic) bond motifs is 1. The summed E-state index contributed by atoms with van der Waals surface area (Å²) >= 11 is 0. The van der Waals surface area contributed by atoms with Crippen LogP contribution < -0.4 is 10.2 Å². The number of benzene rings is 1. The molecule has 3 amide bonds. The second-order valence-electron chi connectivity index (χ2n) is 8.34. The van der Waals surface area contributed by atoms with E-state index in [4.69, 9.17) is 0 Å². The molecule has 7 nitrogen and oxygen atoms in total. The summed E-state index contributed by atoms with van der Waals surface area (Å²) in [5.74, 6) is -0.560. The first-order valence-electron chi connectivity index (χ1n) is 10.1. The number of nitrogens with one attached hydrogen (secondary N) is 1. The minimum absolute atomic E-state index is 0.0586. The zero-order chi connectivity index (χ0) is 19.9. The Balaban J connectivity index is 1.38. The van der Waals surface area contributed by atoms with E-state index in [0.717, 1.165) is 37.1 Å². The van der Waals surface area contributed by atoms with E-state index in [1.165, 1.54) is 0 Å². The predicted molar refractivity (Wildman–Crippen MR) is 104 cm³/mol. The molecule has 2 aliphatic heterocycles. The Morgan fingerprint density at radius 3 is 2.61 bits per heavy atom. The van der Waals surface area contributed by atoms with Crippen LogP contribution in [0.2, 0.25) is 0 Å². The molecular weight excluding hydrogens is 358 g/mol. The second-order valence-corrected chi connectivity index (χ2v) is 8.34. The molecule has 0 radical (unpaired) electrons. The fraction of sp³-hybridized carbons (Fsp3) is 0.571. The van der Waals surface area contributed by atoms with E-state index in [-0.39, 0.29) is 23.9 Å². The van der Waals surface area contributed by atoms with Gasteiger partial charge in [0.25, 0.3) is 0 Å². The summed E-state index contributed by atoms with van der Waals surface area (Å²) in [6, 6.07) is 7.30. The number of aliphatic carboxylic acids is 1. The first-order chi connectivity index (χ1) is 13.4. The Morgan fingerprint density at radius 2 is 2.00 bits per heavy atom. The molecular formula is C21H27N3O4. The normalized spacial score (nSPS) is 27.8. The van der Waals surface area contributed by atoms with Gasteiger partial charge in [-0.25, -0.2) is 4.79 Å². The van der Waals surface area contributed by atoms with Gasteiger partial charge >= 0.3 is 12.0 Å². The van der Waals surface area contributed by atoms with Crippen molar-refractivity contribution in [1.82, 2.24) is 10.2 Å². The summed E-state index contributed by atoms with van der Waals surface area (Å²) < 4.78 is 0. The van der Waals surface area contributed by atoms with Gasteiger partial charge in [-0.15, -0.1) is 0 Å². The largest absolute Gasteiger partial charge is 0.481 e. The number of rotatable bonds is 4. The molecule has 150 valence electrons. The number of carbonyl (C=O) groups excluding carboxylic acids is 2. The van der Waals surface area contributed by atoms with E-state index >= 15 is 0 Å². The van der Waals surface area contributed by atoms with E-state index < -0.39 is 11.4 Å². The van der Waals surface area contributed by atoms with Crippen LogP contribution in [-0.2, 0) is 9.59 Å². The van der Waals surface area contributed by atoms with Gasteiger partial charge in [-0.2, -0.15) is 0 Å². The number of carboxylic acids is 1. The van der Waals surface area contributed by atoms with Crippen molar-refractivity contribution < 1.29 is 19.5 Å². The highest BCUT2D eigenvalue weighted by Crippen LogP contribution is 2.48. The lowest BCUT2D eigenvalue weighted by atomic mass is 9.81. The second kappa shape index (κ2) is 7.11. The van der Waals surface area contributed by atoms with Gasteiger partial charge in [-0.1, -0.05) is 18.6 Å². The van der Waals surface area contributed by atoms with E-state index in [9.17, 15) is 19.5 Å². The quantitative estimate of drug-likeness (QED) is 0.834. The average Bonchev–Trinajstić information content (AvgIpc) is 3.35. The van der Waals surface area contributed by atoms with Crippen molar-refractivity contribution in [1.29, 1.82) is 0 Å². The zero-order valence-corrected chi connectivity index (χ0v) is 16.2. The third-order valence-electron chi connectivity index (χ3n) is 6.70. The molecule has 7 heteroatoms. The summed E-state index contributed by atoms with van der Waals surface area (Å²) in [6.45, 7) is 3.48. The predicted octanol–water partition coefficient (Wildman–Crippen LogP) is 2.77. The molecule has 0 aromatic heterocycles. The lowest BCUT2D eigenvalue weighted by Crippen LogP contribution is -2.42. The van der Waals surface area contributed by atoms with Crippen molar-refractivity contribution in [3.63, 3.8) is 0 Å². The Labute approximate surface area is 164 Å². The summed E-state index contributed by atoms with van der Waals surface area (Å²) in [5.41, 5.74) is 1.08. The van der Waals surface area contributed by atoms with Crippen molar-refractivity contribution in [2.45, 2.75) is 45.1 Å². The number of carbonyl (C=O) groups is 3. The highest BCUT2D eigenvalue weighted by atomic mass is 16.4. The Bertz CT molecular complexity index is 793. The SMILES string of the molecule is CC(NC(=O)N1C[C@@H]2CCC[C@@]2(C(=O)O)C1)c1ccc(N2CCCC2=O)cc1. The highest BCUT2D eigenvalue weighted by Gasteiger charge is 2.55. The molecule has 0 spiro atoms. The number of nitrogens with zero attached hydrogens (tertiary/aromatic N) is 2. The molecule has 1 aromatic carbocycles. The number of urea groups is 1. The summed E-state index contributed by atoms with van der Waals surface area (Å²) in [4.78, 5) is 39.8. The van der Waals surface area contributed by atoms with Gasteiger partial charge < -0.3 is 20.2 Å². The smallest absolute Gasteiger partial charge is 0.317 e. The van der Waals surface area contributed by atoms with Crippen molar-refractivity contribution in [2.75, 3.05) is 24.5 Å². The van der Waals surface area contributed by atoms with Gasteiger partial charge in [0.2, 0.25) is 5.91 Å². The number of amides is 3. The molecule has 1 aliphatic carbocycles. The van der Waals surface area contributed by atoms with Gasteiger partial charge in [-0.3, -0.25) is 9.59 Å². The fourth-order valence-electron chi connectivity index (χ4n) is 5.02. The van der Waals surface area contributed by atoms with Gasteiger partial charge in [0, 0.05) is 31.7 Å². The van der Waals surface area contributed by atoms with Crippen LogP contribution in [0.1, 0.15) is 50.6 Å². The third-order valence-corrected chi connectivity index (χ3v) is 6.70. The van der Waals surface area contributed by atoms with Gasteiger partial charge in [0.15, 0.2) is 0 Å². The standard InChI is InChI=1S/C21H27N3O4/c1-14(15-6-8-17(9-7-15)24-11-3-5-18(24)25)22-20(28)23-12-16-4-2-10-21(16,13-23)19(26)27/h6-9,14,16H,2-5,10-13H2,1H3,(H,22,28)(H,26,27)/t14?,16-,21+/m0/s1. The summed E-state index contributed by atoms with van der Waals surface area (Å²) in [5, 5.41) is 12.7. The van der Waals surface area contributed by atoms with Gasteiger partial charge in [0.1, 0.15) is 0 Å². The molecule has 2 N–H and O–H groups in total. The molecule has 3 aliphatic rings. The Hall–Kier alpha value is -2.57. The minimum atomic E-state index is -0.773. The number of likely N-dealkylation sites (tertiary alicyclic amines) is 1. The van der Waals surface area contributed by atoms with E-state index in [1.54, 1.807) is 9.80 Å². The highest BCUT2D eigenvalue weighted by molar-refractivity contribution is 5.95. The minimum Gasteiger partial charge on any atom is -0.481 e. The molecule has 3 atom stereocenters. The molecule has 2 saturated heterocycles. The lowest BCUT2D eigenvalue weighted by Gasteiger charge is -2.25. The van der Waals surface area contributed by atoms with Crippen molar-refractivity contribution in [2.24, 2.45) is 11.3 Å². The van der Waals surface area contributed by atoms with E-state index in [1.807, 2.05) is 31.2 Å². The van der Waals surface area contributed by atoms with Gasteiger partial charge in [-0.05, 0) is 49.8 Å². The van der Waals surface area contributed by atoms with Crippen LogP contribution in [-0.4, -0.2) is 47.5 Å². The number of hydrogen-bond acceptors (Lipinski definition) is 3. The molecule has 1 saturated carbocycles. The Kier molecular flexibility index (Phi) is 4.77. The summed E-state index contributed by atoms with van der Waals surface area (Å²) in [6.07, 6.45) is 3.95. The number of carboxylic acid groups (broad SMARTS) is 1. The number of hydrogen-bond donors (Lipinski definition) is 2. The fourth-order valence-corrected chi connectivity index (χ4v) is 5.02. The first-order valence-corrected chi connectivity index (χ1v) is 10.1. The van der Waals surface area contributed by atoms with Crippen molar-refractivity contribution in [3.8, 4) is 0 Å². The lowest BCUT2D eigenvalue weighted by molar-refractivity contribution is -0.149. The van der Waals surface area contributed by atoms with Crippen LogP contribution in [0.25, 0.3) is 0 Å². The third kappa shape index (κ3) is 3.12. The maximum atomic E-state index is 12.7. The molecule has 4 rings (SSSR count). The van der Waals surface area contributed by atoms with Crippen molar-refractivity contribution >= 4 is 23.6 Å². The monoisotopic (exact) mass is 385 g/mol.